The number of likely N-dealkylation sites (tertiary alicyclic amines) is 1. The predicted octanol–water partition coefficient (Wildman–Crippen LogP) is 1.22. The van der Waals surface area contributed by atoms with Gasteiger partial charge in [-0.15, -0.1) is 0 Å². The Hall–Kier alpha value is -1.89. The minimum absolute atomic E-state index is 0.161. The Bertz CT molecular complexity index is 501. The molecule has 2 N–H and O–H groups in total. The number of β-amino-alcohol motifs (C(OH)–C–C–N with tert-alkyl or cyclic N) is 1. The maximum absolute atomic E-state index is 12.2. The molecule has 0 radical (unpaired) electrons. The van der Waals surface area contributed by atoms with Crippen molar-refractivity contribution in [2.45, 2.75) is 44.9 Å². The van der Waals surface area contributed by atoms with Gasteiger partial charge in [-0.1, -0.05) is 0 Å². The number of hydrogen-bond donors (Lipinski definition) is 2. The van der Waals surface area contributed by atoms with Gasteiger partial charge in [0.15, 0.2) is 0 Å². The van der Waals surface area contributed by atoms with Gasteiger partial charge in [0.1, 0.15) is 11.9 Å². The van der Waals surface area contributed by atoms with Crippen LogP contribution in [0.15, 0.2) is 12.5 Å². The normalized spacial score (nSPS) is 22.9. The van der Waals surface area contributed by atoms with Gasteiger partial charge < -0.3 is 14.9 Å². The van der Waals surface area contributed by atoms with Crippen molar-refractivity contribution in [3.63, 3.8) is 0 Å². The van der Waals surface area contributed by atoms with Crippen LogP contribution in [-0.4, -0.2) is 49.4 Å². The topological polar surface area (TPSA) is 95.8 Å². The molecule has 110 valence electrons. The molecule has 1 aromatic rings. The van der Waals surface area contributed by atoms with Crippen LogP contribution >= 0.6 is 0 Å². The summed E-state index contributed by atoms with van der Waals surface area (Å²) in [7, 11) is 0. The highest BCUT2D eigenvalue weighted by molar-refractivity contribution is 5.69. The Morgan fingerprint density at radius 3 is 2.80 bits per heavy atom. The number of aliphatic hydroxyl groups is 1. The zero-order valence-electron chi connectivity index (χ0n) is 11.8. The Labute approximate surface area is 117 Å². The summed E-state index contributed by atoms with van der Waals surface area (Å²) in [5, 5.41) is 19.6. The van der Waals surface area contributed by atoms with Crippen molar-refractivity contribution in [3.8, 4) is 5.88 Å². The number of amides is 1. The molecular weight excluding hydrogens is 262 g/mol. The van der Waals surface area contributed by atoms with E-state index in [1.807, 2.05) is 0 Å². The molecule has 2 rings (SSSR count). The average molecular weight is 281 g/mol. The molecule has 1 amide bonds. The first kappa shape index (κ1) is 14.5. The van der Waals surface area contributed by atoms with Crippen molar-refractivity contribution >= 4 is 6.09 Å². The van der Waals surface area contributed by atoms with Gasteiger partial charge in [0.05, 0.1) is 24.3 Å². The second-order valence-corrected chi connectivity index (χ2v) is 5.84. The molecule has 1 aliphatic rings. The van der Waals surface area contributed by atoms with Gasteiger partial charge in [0.2, 0.25) is 5.88 Å². The third kappa shape index (κ3) is 3.16. The Kier molecular flexibility index (Phi) is 3.80. The lowest BCUT2D eigenvalue weighted by Crippen LogP contribution is -2.37. The molecule has 2 atom stereocenters. The Morgan fingerprint density at radius 2 is 2.20 bits per heavy atom. The number of aromatic nitrogens is 2. The van der Waals surface area contributed by atoms with E-state index in [1.54, 1.807) is 20.8 Å². The maximum Gasteiger partial charge on any atom is 0.410 e. The molecule has 1 fully saturated rings. The van der Waals surface area contributed by atoms with Gasteiger partial charge in [-0.2, -0.15) is 0 Å². The van der Waals surface area contributed by atoms with Crippen LogP contribution in [-0.2, 0) is 4.74 Å². The summed E-state index contributed by atoms with van der Waals surface area (Å²) in [6, 6.07) is -0.485. The number of ether oxygens (including phenoxy) is 1. The van der Waals surface area contributed by atoms with E-state index in [-0.39, 0.29) is 12.4 Å². The Morgan fingerprint density at radius 1 is 1.50 bits per heavy atom. The summed E-state index contributed by atoms with van der Waals surface area (Å²) in [4.78, 5) is 21.1. The first-order valence-corrected chi connectivity index (χ1v) is 6.44. The summed E-state index contributed by atoms with van der Waals surface area (Å²) < 4.78 is 5.32. The van der Waals surface area contributed by atoms with Crippen LogP contribution < -0.4 is 0 Å². The summed E-state index contributed by atoms with van der Waals surface area (Å²) in [6.45, 7) is 5.48. The van der Waals surface area contributed by atoms with Crippen LogP contribution in [0.4, 0.5) is 4.79 Å². The number of aliphatic hydroxyl groups excluding tert-OH is 1. The molecule has 1 unspecified atom stereocenters. The van der Waals surface area contributed by atoms with Crippen molar-refractivity contribution in [1.82, 2.24) is 14.9 Å². The van der Waals surface area contributed by atoms with Gasteiger partial charge >= 0.3 is 6.09 Å². The first-order valence-electron chi connectivity index (χ1n) is 6.44. The second kappa shape index (κ2) is 5.24. The zero-order chi connectivity index (χ0) is 14.9. The lowest BCUT2D eigenvalue weighted by atomic mass is 10.1. The van der Waals surface area contributed by atoms with E-state index in [0.717, 1.165) is 0 Å². The third-order valence-corrected chi connectivity index (χ3v) is 2.98. The quantitative estimate of drug-likeness (QED) is 0.803. The zero-order valence-corrected chi connectivity index (χ0v) is 11.8. The Balaban J connectivity index is 2.23. The molecule has 1 saturated heterocycles. The van der Waals surface area contributed by atoms with Crippen molar-refractivity contribution < 1.29 is 19.7 Å². The molecule has 7 nitrogen and oxygen atoms in total. The highest BCUT2D eigenvalue weighted by atomic mass is 16.6. The van der Waals surface area contributed by atoms with E-state index in [0.29, 0.717) is 12.0 Å². The van der Waals surface area contributed by atoms with Crippen LogP contribution in [0.25, 0.3) is 0 Å². The smallest absolute Gasteiger partial charge is 0.410 e. The fourth-order valence-corrected chi connectivity index (χ4v) is 2.20. The van der Waals surface area contributed by atoms with Crippen LogP contribution in [0.5, 0.6) is 5.88 Å². The minimum atomic E-state index is -0.660. The van der Waals surface area contributed by atoms with Crippen molar-refractivity contribution in [3.05, 3.63) is 18.1 Å². The molecular formula is C13H19N3O4. The largest absolute Gasteiger partial charge is 0.493 e. The highest BCUT2D eigenvalue weighted by Gasteiger charge is 2.39. The predicted molar refractivity (Wildman–Crippen MR) is 70.0 cm³/mol. The van der Waals surface area contributed by atoms with E-state index in [9.17, 15) is 15.0 Å². The molecule has 1 aromatic heterocycles. The number of nitrogens with zero attached hydrogens (tertiary/aromatic N) is 3. The molecule has 0 aliphatic carbocycles. The van der Waals surface area contributed by atoms with Crippen LogP contribution in [0.3, 0.4) is 0 Å². The molecule has 7 heteroatoms. The van der Waals surface area contributed by atoms with Crippen LogP contribution in [0.1, 0.15) is 38.8 Å². The minimum Gasteiger partial charge on any atom is -0.493 e. The molecule has 20 heavy (non-hydrogen) atoms. The van der Waals surface area contributed by atoms with Crippen LogP contribution in [0, 0.1) is 0 Å². The number of aromatic hydroxyl groups is 1. The van der Waals surface area contributed by atoms with Gasteiger partial charge in [0.25, 0.3) is 0 Å². The van der Waals surface area contributed by atoms with Crippen molar-refractivity contribution in [2.75, 3.05) is 6.54 Å². The number of carbonyl (C=O) groups is 1. The van der Waals surface area contributed by atoms with E-state index in [2.05, 4.69) is 9.97 Å². The van der Waals surface area contributed by atoms with E-state index >= 15 is 0 Å². The van der Waals surface area contributed by atoms with Gasteiger partial charge in [-0.3, -0.25) is 4.90 Å². The maximum atomic E-state index is 12.2. The molecule has 0 aromatic carbocycles. The fourth-order valence-electron chi connectivity index (χ4n) is 2.20. The van der Waals surface area contributed by atoms with Crippen molar-refractivity contribution in [2.24, 2.45) is 0 Å². The van der Waals surface area contributed by atoms with Gasteiger partial charge in [-0.05, 0) is 20.8 Å². The van der Waals surface area contributed by atoms with E-state index in [4.69, 9.17) is 4.74 Å². The third-order valence-electron chi connectivity index (χ3n) is 2.98. The number of rotatable bonds is 1. The fraction of sp³-hybridized carbons (Fsp3) is 0.615. The highest BCUT2D eigenvalue weighted by Crippen LogP contribution is 2.36. The molecule has 1 aliphatic heterocycles. The summed E-state index contributed by atoms with van der Waals surface area (Å²) in [6.07, 6.45) is 1.80. The first-order chi connectivity index (χ1) is 9.28. The molecule has 0 saturated carbocycles. The molecule has 2 heterocycles. The molecule has 0 bridgehead atoms. The van der Waals surface area contributed by atoms with Gasteiger partial charge in [-0.25, -0.2) is 14.8 Å². The number of hydrogen-bond acceptors (Lipinski definition) is 6. The van der Waals surface area contributed by atoms with Crippen LogP contribution in [0.2, 0.25) is 0 Å². The SMILES string of the molecule is CC(C)(C)OC(=O)N1C[C@H](O)CC1c1cncnc1O. The monoisotopic (exact) mass is 281 g/mol. The second-order valence-electron chi connectivity index (χ2n) is 5.84. The molecule has 0 spiro atoms. The summed E-state index contributed by atoms with van der Waals surface area (Å²) >= 11 is 0. The average Bonchev–Trinajstić information content (AvgIpc) is 2.69. The lowest BCUT2D eigenvalue weighted by molar-refractivity contribution is 0.0205. The van der Waals surface area contributed by atoms with E-state index < -0.39 is 23.8 Å². The lowest BCUT2D eigenvalue weighted by Gasteiger charge is -2.28. The number of carbonyl (C=O) groups excluding carboxylic acids is 1. The van der Waals surface area contributed by atoms with Gasteiger partial charge in [0, 0.05) is 12.6 Å². The van der Waals surface area contributed by atoms with E-state index in [1.165, 1.54) is 17.4 Å². The summed E-state index contributed by atoms with van der Waals surface area (Å²) in [5.74, 6) is -0.187. The standard InChI is InChI=1S/C13H19N3O4/c1-13(2,3)20-12(19)16-6-8(17)4-10(16)9-5-14-7-15-11(9)18/h5,7-8,10,17H,4,6H2,1-3H3,(H,14,15,18)/t8-,10?/m1/s1. The summed E-state index contributed by atoms with van der Waals surface area (Å²) in [5.41, 5.74) is -0.209. The van der Waals surface area contributed by atoms with Crippen molar-refractivity contribution in [1.29, 1.82) is 0 Å².